The molecule has 4 atom stereocenters. The van der Waals surface area contributed by atoms with Crippen LogP contribution in [-0.2, 0) is 14.3 Å². The predicted octanol–water partition coefficient (Wildman–Crippen LogP) is 1.24. The SMILES string of the molecule is COC(=O)C(NC(=O)[C@@H]1C2C(CN1C)C2(C)C)c1cccnc1.[HH]. The van der Waals surface area contributed by atoms with Crippen LogP contribution in [0.4, 0.5) is 0 Å². The molecule has 0 radical (unpaired) electrons. The molecule has 3 unspecified atom stereocenters. The Hall–Kier alpha value is -1.95. The zero-order valence-electron chi connectivity index (χ0n) is 13.9. The second kappa shape index (κ2) is 5.60. The Morgan fingerprint density at radius 3 is 2.83 bits per heavy atom. The highest BCUT2D eigenvalue weighted by Gasteiger charge is 2.67. The average molecular weight is 319 g/mol. The molecule has 1 aromatic heterocycles. The summed E-state index contributed by atoms with van der Waals surface area (Å²) >= 11 is 0. The number of rotatable bonds is 4. The van der Waals surface area contributed by atoms with Gasteiger partial charge in [-0.05, 0) is 30.4 Å². The molecule has 1 aromatic rings. The van der Waals surface area contributed by atoms with E-state index >= 15 is 0 Å². The number of likely N-dealkylation sites (N-methyl/N-ethyl adjacent to an activating group) is 1. The number of pyridine rings is 1. The van der Waals surface area contributed by atoms with Crippen LogP contribution in [0.25, 0.3) is 0 Å². The Kier molecular flexibility index (Phi) is 3.88. The molecule has 2 heterocycles. The summed E-state index contributed by atoms with van der Waals surface area (Å²) in [6.45, 7) is 5.33. The van der Waals surface area contributed by atoms with Crippen LogP contribution in [0.3, 0.4) is 0 Å². The summed E-state index contributed by atoms with van der Waals surface area (Å²) in [5.74, 6) is 0.293. The number of ether oxygens (including phenoxy) is 1. The lowest BCUT2D eigenvalue weighted by Gasteiger charge is -2.27. The van der Waals surface area contributed by atoms with Crippen molar-refractivity contribution >= 4 is 11.9 Å². The number of carbonyl (C=O) groups excluding carboxylic acids is 2. The van der Waals surface area contributed by atoms with Gasteiger partial charge in [0.25, 0.3) is 0 Å². The summed E-state index contributed by atoms with van der Waals surface area (Å²) in [5.41, 5.74) is 0.823. The number of aromatic nitrogens is 1. The first-order valence-electron chi connectivity index (χ1n) is 7.86. The first-order valence-corrected chi connectivity index (χ1v) is 7.86. The monoisotopic (exact) mass is 319 g/mol. The fourth-order valence-corrected chi connectivity index (χ4v) is 3.99. The Labute approximate surface area is 137 Å². The van der Waals surface area contributed by atoms with Crippen LogP contribution in [0.5, 0.6) is 0 Å². The lowest BCUT2D eigenvalue weighted by Crippen LogP contribution is -2.48. The highest BCUT2D eigenvalue weighted by Crippen LogP contribution is 2.64. The number of esters is 1. The summed E-state index contributed by atoms with van der Waals surface area (Å²) in [7, 11) is 3.28. The number of nitrogens with zero attached hydrogens (tertiary/aromatic N) is 2. The number of hydrogen-bond donors (Lipinski definition) is 1. The summed E-state index contributed by atoms with van der Waals surface area (Å²) in [6.07, 6.45) is 3.20. The maximum absolute atomic E-state index is 12.8. The van der Waals surface area contributed by atoms with Gasteiger partial charge >= 0.3 is 5.97 Å². The van der Waals surface area contributed by atoms with E-state index in [1.165, 1.54) is 7.11 Å². The third-order valence-corrected chi connectivity index (χ3v) is 5.45. The molecular formula is C17H25N3O3. The van der Waals surface area contributed by atoms with Gasteiger partial charge < -0.3 is 10.1 Å². The largest absolute Gasteiger partial charge is 0.467 e. The molecule has 1 N–H and O–H groups in total. The Morgan fingerprint density at radius 2 is 2.26 bits per heavy atom. The van der Waals surface area contributed by atoms with E-state index in [-0.39, 0.29) is 18.8 Å². The summed E-state index contributed by atoms with van der Waals surface area (Å²) in [4.78, 5) is 31.0. The number of methoxy groups -OCH3 is 1. The average Bonchev–Trinajstić information content (AvgIpc) is 2.89. The van der Waals surface area contributed by atoms with Gasteiger partial charge in [-0.3, -0.25) is 14.7 Å². The van der Waals surface area contributed by atoms with E-state index in [9.17, 15) is 9.59 Å². The third kappa shape index (κ3) is 2.61. The van der Waals surface area contributed by atoms with Crippen molar-refractivity contribution < 1.29 is 15.8 Å². The topological polar surface area (TPSA) is 71.5 Å². The molecule has 0 aromatic carbocycles. The fourth-order valence-electron chi connectivity index (χ4n) is 3.99. The number of likely N-dealkylation sites (tertiary alicyclic amines) is 1. The van der Waals surface area contributed by atoms with Crippen molar-refractivity contribution in [1.82, 2.24) is 15.2 Å². The van der Waals surface area contributed by atoms with E-state index < -0.39 is 12.0 Å². The van der Waals surface area contributed by atoms with E-state index in [1.54, 1.807) is 24.5 Å². The summed E-state index contributed by atoms with van der Waals surface area (Å²) in [5, 5.41) is 2.86. The van der Waals surface area contributed by atoms with Gasteiger partial charge in [-0.15, -0.1) is 0 Å². The van der Waals surface area contributed by atoms with Crippen LogP contribution >= 0.6 is 0 Å². The first-order chi connectivity index (χ1) is 10.9. The van der Waals surface area contributed by atoms with Crippen LogP contribution in [0.15, 0.2) is 24.5 Å². The molecule has 1 aliphatic carbocycles. The molecule has 126 valence electrons. The lowest BCUT2D eigenvalue weighted by atomic mass is 10.00. The van der Waals surface area contributed by atoms with Gasteiger partial charge in [-0.2, -0.15) is 0 Å². The molecule has 6 heteroatoms. The molecule has 1 saturated carbocycles. The van der Waals surface area contributed by atoms with Crippen LogP contribution in [0.1, 0.15) is 26.9 Å². The normalized spacial score (nSPS) is 29.5. The molecule has 2 fully saturated rings. The standard InChI is InChI=1S/C17H23N3O3.H2/c1-17(2)11-9-20(3)14(12(11)17)15(21)19-13(16(22)23-4)10-6-5-7-18-8-10;/h5-8,11-14H,9H2,1-4H3,(H,19,21);1H/t11?,12?,13?,14-;/m0./s1. The third-order valence-electron chi connectivity index (χ3n) is 5.45. The van der Waals surface area contributed by atoms with Crippen LogP contribution < -0.4 is 5.32 Å². The number of hydrogen-bond acceptors (Lipinski definition) is 5. The number of amides is 1. The lowest BCUT2D eigenvalue weighted by molar-refractivity contribution is -0.146. The van der Waals surface area contributed by atoms with Crippen LogP contribution in [-0.4, -0.2) is 48.5 Å². The van der Waals surface area contributed by atoms with Crippen LogP contribution in [0, 0.1) is 17.3 Å². The number of carbonyl (C=O) groups is 2. The minimum absolute atomic E-state index is 0. The maximum atomic E-state index is 12.8. The van der Waals surface area contributed by atoms with Crippen molar-refractivity contribution in [3.8, 4) is 0 Å². The molecule has 0 bridgehead atoms. The quantitative estimate of drug-likeness (QED) is 0.846. The molecule has 6 nitrogen and oxygen atoms in total. The minimum atomic E-state index is -0.824. The molecule has 1 amide bonds. The van der Waals surface area contributed by atoms with E-state index in [2.05, 4.69) is 29.0 Å². The molecule has 3 rings (SSSR count). The van der Waals surface area contributed by atoms with E-state index in [4.69, 9.17) is 4.74 Å². The first kappa shape index (κ1) is 15.9. The molecule has 1 saturated heterocycles. The summed E-state index contributed by atoms with van der Waals surface area (Å²) < 4.78 is 4.84. The van der Waals surface area contributed by atoms with Gasteiger partial charge in [-0.1, -0.05) is 19.9 Å². The van der Waals surface area contributed by atoms with Gasteiger partial charge in [0.2, 0.25) is 5.91 Å². The van der Waals surface area contributed by atoms with Gasteiger partial charge in [0.05, 0.1) is 13.2 Å². The van der Waals surface area contributed by atoms with Crippen molar-refractivity contribution in [3.63, 3.8) is 0 Å². The van der Waals surface area contributed by atoms with Crippen molar-refractivity contribution in [2.45, 2.75) is 25.9 Å². The minimum Gasteiger partial charge on any atom is -0.467 e. The van der Waals surface area contributed by atoms with Crippen molar-refractivity contribution in [2.24, 2.45) is 17.3 Å². The zero-order valence-corrected chi connectivity index (χ0v) is 13.9. The van der Waals surface area contributed by atoms with E-state index in [0.717, 1.165) is 6.54 Å². The summed E-state index contributed by atoms with van der Waals surface area (Å²) in [6, 6.07) is 2.48. The molecule has 0 spiro atoms. The van der Waals surface area contributed by atoms with Gasteiger partial charge in [0.15, 0.2) is 6.04 Å². The predicted molar refractivity (Wildman–Crippen MR) is 86.4 cm³/mol. The zero-order chi connectivity index (χ0) is 16.8. The molecule has 1 aliphatic heterocycles. The van der Waals surface area contributed by atoms with Crippen molar-refractivity contribution in [2.75, 3.05) is 20.7 Å². The van der Waals surface area contributed by atoms with Crippen LogP contribution in [0.2, 0.25) is 0 Å². The van der Waals surface area contributed by atoms with Gasteiger partial charge in [-0.25, -0.2) is 4.79 Å². The van der Waals surface area contributed by atoms with Gasteiger partial charge in [0.1, 0.15) is 0 Å². The molecular weight excluding hydrogens is 294 g/mol. The van der Waals surface area contributed by atoms with Crippen molar-refractivity contribution in [1.29, 1.82) is 0 Å². The number of piperidine rings is 1. The van der Waals surface area contributed by atoms with Gasteiger partial charge in [0, 0.05) is 25.9 Å². The smallest absolute Gasteiger partial charge is 0.333 e. The second-order valence-corrected chi connectivity index (χ2v) is 7.09. The Bertz CT molecular complexity index is 623. The molecule has 23 heavy (non-hydrogen) atoms. The fraction of sp³-hybridized carbons (Fsp3) is 0.588. The van der Waals surface area contributed by atoms with E-state index in [1.807, 2.05) is 7.05 Å². The second-order valence-electron chi connectivity index (χ2n) is 7.09. The number of fused-ring (bicyclic) bond motifs is 1. The number of nitrogens with one attached hydrogen (secondary N) is 1. The Balaban J connectivity index is 0.00000208. The van der Waals surface area contributed by atoms with E-state index in [0.29, 0.717) is 17.4 Å². The maximum Gasteiger partial charge on any atom is 0.333 e. The molecule has 2 aliphatic rings. The highest BCUT2D eigenvalue weighted by atomic mass is 16.5. The van der Waals surface area contributed by atoms with Crippen molar-refractivity contribution in [3.05, 3.63) is 30.1 Å². The Morgan fingerprint density at radius 1 is 1.52 bits per heavy atom. The highest BCUT2D eigenvalue weighted by molar-refractivity contribution is 5.89.